The summed E-state index contributed by atoms with van der Waals surface area (Å²) in [7, 11) is 0. The van der Waals surface area contributed by atoms with Crippen LogP contribution in [0.5, 0.6) is 5.75 Å². The fraction of sp³-hybridized carbons (Fsp3) is 0.137. The second kappa shape index (κ2) is 16.3. The number of hydrogen-bond donors (Lipinski definition) is 0. The summed E-state index contributed by atoms with van der Waals surface area (Å²) >= 11 is 0. The molecule has 7 aromatic carbocycles. The number of aromatic nitrogens is 1. The SMILES string of the molecule is Cc1cc(OC(=O)Cc2ccc(-n3c(=O)c4cc(-c5cc(C(F)(F)F)cc(C(F)(F)F)c5)c5oc6ccccc6c6c(-c7cc(C(F)(F)F)cc(C(F)(F)F)c7)cc(c3=O)c4c56)cc2)cc(C)c1C=O. The monoisotopic (exact) mass is 977 g/mol. The molecule has 9 rings (SSSR count). The van der Waals surface area contributed by atoms with Gasteiger partial charge in [-0.15, -0.1) is 0 Å². The molecule has 0 saturated heterocycles. The molecular weight excluding hydrogens is 951 g/mol. The maximum Gasteiger partial charge on any atom is 0.416 e. The number of halogens is 12. The molecule has 0 aliphatic rings. The quantitative estimate of drug-likeness (QED) is 0.0394. The lowest BCUT2D eigenvalue weighted by molar-refractivity contribution is -0.144. The Balaban J connectivity index is 1.35. The fourth-order valence-electron chi connectivity index (χ4n) is 8.71. The van der Waals surface area contributed by atoms with Crippen molar-refractivity contribution in [2.75, 3.05) is 0 Å². The molecule has 0 spiro atoms. The van der Waals surface area contributed by atoms with Crippen LogP contribution in [0, 0.1) is 13.8 Å². The van der Waals surface area contributed by atoms with Gasteiger partial charge < -0.3 is 9.15 Å². The Kier molecular flexibility index (Phi) is 11.0. The minimum atomic E-state index is -5.38. The Bertz CT molecular complexity index is 3650. The van der Waals surface area contributed by atoms with Crippen molar-refractivity contribution in [1.29, 1.82) is 0 Å². The van der Waals surface area contributed by atoms with Crippen molar-refractivity contribution in [3.63, 3.8) is 0 Å². The van der Waals surface area contributed by atoms with Crippen molar-refractivity contribution in [2.24, 2.45) is 0 Å². The number of aldehydes is 1. The number of para-hydroxylation sites is 1. The Morgan fingerprint density at radius 2 is 1.04 bits per heavy atom. The summed E-state index contributed by atoms with van der Waals surface area (Å²) in [6.45, 7) is 3.28. The van der Waals surface area contributed by atoms with Crippen molar-refractivity contribution in [3.05, 3.63) is 174 Å². The van der Waals surface area contributed by atoms with E-state index in [1.165, 1.54) is 60.7 Å². The Morgan fingerprint density at radius 1 is 0.571 bits per heavy atom. The van der Waals surface area contributed by atoms with Gasteiger partial charge in [-0.3, -0.25) is 19.2 Å². The number of alkyl halides is 12. The Morgan fingerprint density at radius 3 is 1.53 bits per heavy atom. The summed E-state index contributed by atoms with van der Waals surface area (Å²) in [5.41, 5.74) is -11.3. The number of fused-ring (bicyclic) bond motifs is 2. The predicted octanol–water partition coefficient (Wildman–Crippen LogP) is 13.8. The molecular formula is C51H27F12NO6. The number of aryl methyl sites for hydroxylation is 2. The summed E-state index contributed by atoms with van der Waals surface area (Å²) < 4.78 is 185. The van der Waals surface area contributed by atoms with Crippen LogP contribution in [0.15, 0.2) is 123 Å². The highest BCUT2D eigenvalue weighted by Crippen LogP contribution is 2.49. The van der Waals surface area contributed by atoms with Gasteiger partial charge in [0.15, 0.2) is 6.29 Å². The predicted molar refractivity (Wildman–Crippen MR) is 233 cm³/mol. The van der Waals surface area contributed by atoms with Crippen LogP contribution in [-0.4, -0.2) is 16.8 Å². The molecule has 0 fully saturated rings. The molecule has 0 aliphatic carbocycles. The number of rotatable bonds is 7. The molecule has 2 aromatic heterocycles. The van der Waals surface area contributed by atoms with E-state index in [9.17, 15) is 71.9 Å². The minimum Gasteiger partial charge on any atom is -0.455 e. The molecule has 0 amide bonds. The van der Waals surface area contributed by atoms with Gasteiger partial charge in [0, 0.05) is 43.4 Å². The Hall–Kier alpha value is -7.96. The summed E-state index contributed by atoms with van der Waals surface area (Å²) in [4.78, 5) is 54.0. The topological polar surface area (TPSA) is 95.6 Å². The van der Waals surface area contributed by atoms with Gasteiger partial charge in [0.2, 0.25) is 0 Å². The van der Waals surface area contributed by atoms with E-state index in [0.29, 0.717) is 51.8 Å². The van der Waals surface area contributed by atoms with Crippen LogP contribution in [0.2, 0.25) is 0 Å². The molecule has 0 atom stereocenters. The third kappa shape index (κ3) is 8.27. The number of ether oxygens (including phenoxy) is 1. The summed E-state index contributed by atoms with van der Waals surface area (Å²) in [6.07, 6.45) is -21.2. The van der Waals surface area contributed by atoms with Crippen LogP contribution in [0.25, 0.3) is 71.4 Å². The van der Waals surface area contributed by atoms with Gasteiger partial charge in [0.1, 0.15) is 16.9 Å². The lowest BCUT2D eigenvalue weighted by Gasteiger charge is -2.21. The standard InChI is InChI=1S/C51H27F12NO6/c1-23-11-33(12-24(2)39(23)22-65)69-41(66)13-25-7-9-32(10-8-25)64-46(67)37-20-35(26-14-28(48(52,53)54)18-29(15-26)49(55,56)57)42-34-5-3-4-6-40(34)70-45-36(21-38(47(64)68)43(37)44(42)45)27-16-30(50(58,59)60)19-31(17-27)51(61,62)63/h3-12,14-22H,13H2,1-2H3. The second-order valence-electron chi connectivity index (χ2n) is 16.4. The highest BCUT2D eigenvalue weighted by atomic mass is 19.4. The maximum atomic E-state index is 14.8. The first-order chi connectivity index (χ1) is 32.7. The molecule has 70 heavy (non-hydrogen) atoms. The zero-order valence-corrected chi connectivity index (χ0v) is 35.6. The number of esters is 1. The third-order valence-electron chi connectivity index (χ3n) is 11.8. The average molecular weight is 978 g/mol. The minimum absolute atomic E-state index is 0.0367. The second-order valence-corrected chi connectivity index (χ2v) is 16.4. The zero-order chi connectivity index (χ0) is 50.6. The van der Waals surface area contributed by atoms with E-state index >= 15 is 0 Å². The number of nitrogens with zero attached hydrogens (tertiary/aromatic N) is 1. The van der Waals surface area contributed by atoms with E-state index < -0.39 is 108 Å². The van der Waals surface area contributed by atoms with Gasteiger partial charge in [-0.25, -0.2) is 4.57 Å². The molecule has 0 radical (unpaired) electrons. The Labute approximate surface area is 384 Å². The molecule has 0 saturated carbocycles. The number of benzene rings is 7. The smallest absolute Gasteiger partial charge is 0.416 e. The maximum absolute atomic E-state index is 14.8. The van der Waals surface area contributed by atoms with Crippen LogP contribution in [0.4, 0.5) is 52.7 Å². The van der Waals surface area contributed by atoms with Gasteiger partial charge in [-0.05, 0) is 126 Å². The average Bonchev–Trinajstić information content (AvgIpc) is 3.27. The van der Waals surface area contributed by atoms with Crippen molar-refractivity contribution >= 4 is 55.7 Å². The molecule has 0 N–H and O–H groups in total. The number of pyridine rings is 1. The van der Waals surface area contributed by atoms with E-state index in [1.807, 2.05) is 0 Å². The summed E-state index contributed by atoms with van der Waals surface area (Å²) in [6, 6.07) is 16.5. The van der Waals surface area contributed by atoms with Crippen LogP contribution in [-0.2, 0) is 35.9 Å². The number of carbonyl (C=O) groups is 2. The molecule has 9 aromatic rings. The number of hydrogen-bond acceptors (Lipinski definition) is 6. The van der Waals surface area contributed by atoms with Crippen molar-refractivity contribution < 1.29 is 71.4 Å². The van der Waals surface area contributed by atoms with Gasteiger partial charge in [0.05, 0.1) is 34.4 Å². The number of carbonyl (C=O) groups excluding carboxylic acids is 2. The van der Waals surface area contributed by atoms with Crippen LogP contribution in [0.3, 0.4) is 0 Å². The molecule has 356 valence electrons. The molecule has 0 aliphatic heterocycles. The largest absolute Gasteiger partial charge is 0.455 e. The highest BCUT2D eigenvalue weighted by Gasteiger charge is 2.39. The van der Waals surface area contributed by atoms with Crippen LogP contribution >= 0.6 is 0 Å². The van der Waals surface area contributed by atoms with Crippen molar-refractivity contribution in [2.45, 2.75) is 45.0 Å². The molecule has 2 heterocycles. The zero-order valence-electron chi connectivity index (χ0n) is 35.6. The van der Waals surface area contributed by atoms with Crippen LogP contribution < -0.4 is 15.9 Å². The first-order valence-electron chi connectivity index (χ1n) is 20.5. The van der Waals surface area contributed by atoms with Crippen molar-refractivity contribution in [3.8, 4) is 33.7 Å². The molecule has 0 bridgehead atoms. The summed E-state index contributed by atoms with van der Waals surface area (Å²) in [5, 5.41) is -2.06. The summed E-state index contributed by atoms with van der Waals surface area (Å²) in [5.74, 6) is -0.628. The van der Waals surface area contributed by atoms with E-state index in [2.05, 4.69) is 0 Å². The molecule has 0 unspecified atom stereocenters. The molecule has 19 heteroatoms. The van der Waals surface area contributed by atoms with E-state index in [0.717, 1.165) is 12.1 Å². The first kappa shape index (κ1) is 47.1. The van der Waals surface area contributed by atoms with Gasteiger partial charge in [-0.1, -0.05) is 30.3 Å². The van der Waals surface area contributed by atoms with Gasteiger partial charge in [-0.2, -0.15) is 52.7 Å². The van der Waals surface area contributed by atoms with E-state index in [-0.39, 0.29) is 57.3 Å². The fourth-order valence-corrected chi connectivity index (χ4v) is 8.71. The van der Waals surface area contributed by atoms with Crippen molar-refractivity contribution in [1.82, 2.24) is 4.57 Å². The van der Waals surface area contributed by atoms with Gasteiger partial charge >= 0.3 is 30.7 Å². The first-order valence-corrected chi connectivity index (χ1v) is 20.5. The highest BCUT2D eigenvalue weighted by molar-refractivity contribution is 6.32. The molecule has 7 nitrogen and oxygen atoms in total. The third-order valence-corrected chi connectivity index (χ3v) is 11.8. The van der Waals surface area contributed by atoms with Crippen LogP contribution in [0.1, 0.15) is 49.3 Å². The van der Waals surface area contributed by atoms with E-state index in [1.54, 1.807) is 13.8 Å². The lowest BCUT2D eigenvalue weighted by atomic mass is 9.86. The normalized spacial score (nSPS) is 12.7. The van der Waals surface area contributed by atoms with E-state index in [4.69, 9.17) is 9.15 Å². The lowest BCUT2D eigenvalue weighted by Crippen LogP contribution is -2.32. The van der Waals surface area contributed by atoms with Gasteiger partial charge in [0.25, 0.3) is 11.1 Å².